The molecule has 1 aliphatic carbocycles. The van der Waals surface area contributed by atoms with Crippen molar-refractivity contribution in [3.63, 3.8) is 0 Å². The zero-order valence-corrected chi connectivity index (χ0v) is 16.4. The van der Waals surface area contributed by atoms with Crippen molar-refractivity contribution >= 4 is 0 Å². The smallest absolute Gasteiger partial charge is 0.416 e. The minimum absolute atomic E-state index is 0.240. The molecule has 150 valence electrons. The van der Waals surface area contributed by atoms with Gasteiger partial charge in [0.05, 0.1) is 5.56 Å². The highest BCUT2D eigenvalue weighted by Gasteiger charge is 2.36. The van der Waals surface area contributed by atoms with Crippen molar-refractivity contribution in [2.75, 3.05) is 0 Å². The van der Waals surface area contributed by atoms with E-state index in [0.717, 1.165) is 43.4 Å². The Hall–Kier alpha value is -1.97. The second-order valence-corrected chi connectivity index (χ2v) is 8.61. The van der Waals surface area contributed by atoms with Gasteiger partial charge in [0, 0.05) is 0 Å². The number of alkyl halides is 3. The fourth-order valence-electron chi connectivity index (χ4n) is 4.99. The van der Waals surface area contributed by atoms with Gasteiger partial charge in [-0.15, -0.1) is 0 Å². The summed E-state index contributed by atoms with van der Waals surface area (Å²) in [6.45, 7) is 4.39. The third-order valence-electron chi connectivity index (χ3n) is 6.53. The van der Waals surface area contributed by atoms with Gasteiger partial charge in [0.1, 0.15) is 11.9 Å². The Morgan fingerprint density at radius 3 is 2.25 bits per heavy atom. The number of fused-ring (bicyclic) bond motifs is 1. The molecule has 1 heterocycles. The van der Waals surface area contributed by atoms with Crippen LogP contribution in [0.5, 0.6) is 5.75 Å². The van der Waals surface area contributed by atoms with Gasteiger partial charge in [0.25, 0.3) is 0 Å². The van der Waals surface area contributed by atoms with Crippen LogP contribution in [0.1, 0.15) is 60.8 Å². The molecule has 2 unspecified atom stereocenters. The van der Waals surface area contributed by atoms with Crippen LogP contribution in [-0.2, 0) is 12.6 Å². The molecule has 2 aliphatic rings. The molecular weight excluding hydrogens is 361 g/mol. The van der Waals surface area contributed by atoms with E-state index in [2.05, 4.69) is 32.0 Å². The molecule has 2 aromatic rings. The Bertz CT molecular complexity index is 817. The van der Waals surface area contributed by atoms with Crippen molar-refractivity contribution in [2.45, 2.75) is 64.1 Å². The van der Waals surface area contributed by atoms with Gasteiger partial charge in [-0.1, -0.05) is 36.8 Å². The SMILES string of the molecule is Cc1ccc2c(c1)CC(C)C(C1CCC(c3ccc(C(F)(F)F)cc3)CC1)O2. The number of ether oxygens (including phenoxy) is 1. The molecule has 0 bridgehead atoms. The summed E-state index contributed by atoms with van der Waals surface area (Å²) in [6, 6.07) is 12.2. The van der Waals surface area contributed by atoms with Crippen molar-refractivity contribution in [1.82, 2.24) is 0 Å². The first-order valence-corrected chi connectivity index (χ1v) is 10.2. The lowest BCUT2D eigenvalue weighted by Crippen LogP contribution is -2.39. The predicted molar refractivity (Wildman–Crippen MR) is 105 cm³/mol. The number of aryl methyl sites for hydroxylation is 1. The van der Waals surface area contributed by atoms with Gasteiger partial charge in [-0.05, 0) is 86.1 Å². The molecule has 4 heteroatoms. The van der Waals surface area contributed by atoms with E-state index in [1.165, 1.54) is 23.3 Å². The topological polar surface area (TPSA) is 9.23 Å². The summed E-state index contributed by atoms with van der Waals surface area (Å²) in [6.07, 6.45) is 1.21. The van der Waals surface area contributed by atoms with Crippen LogP contribution in [0, 0.1) is 18.8 Å². The van der Waals surface area contributed by atoms with Crippen molar-refractivity contribution in [1.29, 1.82) is 0 Å². The summed E-state index contributed by atoms with van der Waals surface area (Å²) in [5.74, 6) is 2.39. The van der Waals surface area contributed by atoms with Crippen molar-refractivity contribution in [3.8, 4) is 5.75 Å². The maximum atomic E-state index is 12.8. The van der Waals surface area contributed by atoms with Crippen molar-refractivity contribution in [3.05, 3.63) is 64.7 Å². The van der Waals surface area contributed by atoms with E-state index in [0.29, 0.717) is 17.8 Å². The number of hydrogen-bond acceptors (Lipinski definition) is 1. The molecule has 1 fully saturated rings. The summed E-state index contributed by atoms with van der Waals surface area (Å²) in [7, 11) is 0. The van der Waals surface area contributed by atoms with E-state index in [-0.39, 0.29) is 6.10 Å². The Morgan fingerprint density at radius 2 is 1.61 bits per heavy atom. The maximum absolute atomic E-state index is 12.8. The summed E-state index contributed by atoms with van der Waals surface area (Å²) in [4.78, 5) is 0. The molecule has 4 rings (SSSR count). The fourth-order valence-corrected chi connectivity index (χ4v) is 4.99. The molecule has 0 spiro atoms. The molecule has 2 aromatic carbocycles. The monoisotopic (exact) mass is 388 g/mol. The van der Waals surface area contributed by atoms with Crippen LogP contribution in [0.2, 0.25) is 0 Å². The zero-order chi connectivity index (χ0) is 19.9. The lowest BCUT2D eigenvalue weighted by molar-refractivity contribution is -0.137. The Balaban J connectivity index is 1.39. The van der Waals surface area contributed by atoms with Crippen LogP contribution in [-0.4, -0.2) is 6.10 Å². The number of hydrogen-bond donors (Lipinski definition) is 0. The third-order valence-corrected chi connectivity index (χ3v) is 6.53. The molecule has 28 heavy (non-hydrogen) atoms. The number of rotatable bonds is 2. The highest BCUT2D eigenvalue weighted by Crippen LogP contribution is 2.43. The first-order valence-electron chi connectivity index (χ1n) is 10.2. The first-order chi connectivity index (χ1) is 13.3. The second-order valence-electron chi connectivity index (χ2n) is 8.61. The lowest BCUT2D eigenvalue weighted by Gasteiger charge is -2.40. The van der Waals surface area contributed by atoms with Gasteiger partial charge < -0.3 is 4.74 Å². The molecule has 1 saturated carbocycles. The lowest BCUT2D eigenvalue weighted by atomic mass is 9.73. The highest BCUT2D eigenvalue weighted by atomic mass is 19.4. The minimum Gasteiger partial charge on any atom is -0.490 e. The van der Waals surface area contributed by atoms with Gasteiger partial charge in [-0.2, -0.15) is 13.2 Å². The van der Waals surface area contributed by atoms with E-state index in [9.17, 15) is 13.2 Å². The Labute approximate surface area is 164 Å². The predicted octanol–water partition coefficient (Wildman–Crippen LogP) is 6.93. The normalized spacial score (nSPS) is 27.8. The van der Waals surface area contributed by atoms with E-state index >= 15 is 0 Å². The first kappa shape index (κ1) is 19.4. The van der Waals surface area contributed by atoms with Crippen molar-refractivity contribution < 1.29 is 17.9 Å². The Morgan fingerprint density at radius 1 is 0.929 bits per heavy atom. The average Bonchev–Trinajstić information content (AvgIpc) is 2.67. The Kier molecular flexibility index (Phi) is 5.15. The average molecular weight is 388 g/mol. The van der Waals surface area contributed by atoms with Crippen molar-refractivity contribution in [2.24, 2.45) is 11.8 Å². The molecular formula is C24H27F3O. The van der Waals surface area contributed by atoms with Crippen LogP contribution in [0.25, 0.3) is 0 Å². The van der Waals surface area contributed by atoms with Crippen LogP contribution in [0.4, 0.5) is 13.2 Å². The molecule has 0 radical (unpaired) electrons. The largest absolute Gasteiger partial charge is 0.490 e. The van der Waals surface area contributed by atoms with Crippen LogP contribution in [0.15, 0.2) is 42.5 Å². The van der Waals surface area contributed by atoms with Crippen LogP contribution >= 0.6 is 0 Å². The zero-order valence-electron chi connectivity index (χ0n) is 16.4. The molecule has 0 amide bonds. The molecule has 0 saturated heterocycles. The highest BCUT2D eigenvalue weighted by molar-refractivity contribution is 5.39. The van der Waals surface area contributed by atoms with E-state index in [1.807, 2.05) is 0 Å². The molecule has 1 nitrogen and oxygen atoms in total. The molecule has 2 atom stereocenters. The molecule has 1 aliphatic heterocycles. The van der Waals surface area contributed by atoms with Gasteiger partial charge in [-0.3, -0.25) is 0 Å². The van der Waals surface area contributed by atoms with E-state index < -0.39 is 11.7 Å². The maximum Gasteiger partial charge on any atom is 0.416 e. The van der Waals surface area contributed by atoms with Gasteiger partial charge in [0.15, 0.2) is 0 Å². The van der Waals surface area contributed by atoms with Gasteiger partial charge >= 0.3 is 6.18 Å². The van der Waals surface area contributed by atoms with Gasteiger partial charge in [-0.25, -0.2) is 0 Å². The molecule has 0 aromatic heterocycles. The minimum atomic E-state index is -4.26. The third kappa shape index (κ3) is 3.92. The van der Waals surface area contributed by atoms with E-state index in [1.54, 1.807) is 12.1 Å². The number of halogens is 3. The quantitative estimate of drug-likeness (QED) is 0.542. The summed E-state index contributed by atoms with van der Waals surface area (Å²) in [5, 5.41) is 0. The molecule has 0 N–H and O–H groups in total. The number of benzene rings is 2. The second kappa shape index (κ2) is 7.46. The van der Waals surface area contributed by atoms with Crippen LogP contribution < -0.4 is 4.74 Å². The van der Waals surface area contributed by atoms with E-state index in [4.69, 9.17) is 4.74 Å². The van der Waals surface area contributed by atoms with Gasteiger partial charge in [0.2, 0.25) is 0 Å². The fraction of sp³-hybridized carbons (Fsp3) is 0.500. The summed E-state index contributed by atoms with van der Waals surface area (Å²) < 4.78 is 44.7. The standard InChI is InChI=1S/C24H27F3O/c1-15-3-12-22-20(13-15)14-16(2)23(28-22)19-6-4-17(5-7-19)18-8-10-21(11-9-18)24(25,26)27/h3,8-13,16-17,19,23H,4-7,14H2,1-2H3. The summed E-state index contributed by atoms with van der Waals surface area (Å²) in [5.41, 5.74) is 3.04. The van der Waals surface area contributed by atoms with Crippen LogP contribution in [0.3, 0.4) is 0 Å². The summed E-state index contributed by atoms with van der Waals surface area (Å²) >= 11 is 0.